The SMILES string of the molecule is CC1(C)OB(CCNC(=O)C2CCNCC2)OC1(C)C. The maximum absolute atomic E-state index is 12.0. The van der Waals surface area contributed by atoms with Crippen molar-refractivity contribution in [2.24, 2.45) is 5.92 Å². The largest absolute Gasteiger partial charge is 0.459 e. The van der Waals surface area contributed by atoms with Crippen LogP contribution in [0.2, 0.25) is 6.32 Å². The van der Waals surface area contributed by atoms with Gasteiger partial charge < -0.3 is 19.9 Å². The van der Waals surface area contributed by atoms with E-state index < -0.39 is 0 Å². The number of carbonyl (C=O) groups excluding carboxylic acids is 1. The third kappa shape index (κ3) is 3.54. The van der Waals surface area contributed by atoms with E-state index in [1.165, 1.54) is 0 Å². The summed E-state index contributed by atoms with van der Waals surface area (Å²) < 4.78 is 11.8. The Kier molecular flexibility index (Phi) is 4.77. The van der Waals surface area contributed by atoms with Crippen LogP contribution in [0.3, 0.4) is 0 Å². The van der Waals surface area contributed by atoms with Crippen LogP contribution >= 0.6 is 0 Å². The van der Waals surface area contributed by atoms with Gasteiger partial charge in [-0.25, -0.2) is 0 Å². The van der Waals surface area contributed by atoms with Gasteiger partial charge >= 0.3 is 7.12 Å². The Morgan fingerprint density at radius 3 is 2.30 bits per heavy atom. The number of rotatable bonds is 4. The van der Waals surface area contributed by atoms with Crippen molar-refractivity contribution < 1.29 is 14.1 Å². The number of hydrogen-bond donors (Lipinski definition) is 2. The molecule has 0 aromatic heterocycles. The van der Waals surface area contributed by atoms with E-state index in [1.54, 1.807) is 0 Å². The smallest absolute Gasteiger partial charge is 0.403 e. The van der Waals surface area contributed by atoms with E-state index in [0.717, 1.165) is 25.9 Å². The van der Waals surface area contributed by atoms with Crippen LogP contribution in [0.5, 0.6) is 0 Å². The first-order valence-corrected chi connectivity index (χ1v) is 7.66. The number of hydrogen-bond acceptors (Lipinski definition) is 4. The molecular weight excluding hydrogens is 255 g/mol. The molecule has 114 valence electrons. The van der Waals surface area contributed by atoms with Crippen molar-refractivity contribution >= 4 is 13.0 Å². The molecular formula is C14H27BN2O3. The standard InChI is InChI=1S/C14H27BN2O3/c1-13(2)14(3,4)20-15(19-13)7-10-17-12(18)11-5-8-16-9-6-11/h11,16H,5-10H2,1-4H3,(H,17,18). The second-order valence-electron chi connectivity index (χ2n) is 6.79. The molecule has 2 fully saturated rings. The van der Waals surface area contributed by atoms with Crippen LogP contribution in [0.15, 0.2) is 0 Å². The molecule has 2 aliphatic rings. The number of nitrogens with one attached hydrogen (secondary N) is 2. The molecule has 2 rings (SSSR count). The predicted molar refractivity (Wildman–Crippen MR) is 79.5 cm³/mol. The van der Waals surface area contributed by atoms with Gasteiger partial charge in [-0.3, -0.25) is 4.79 Å². The lowest BCUT2D eigenvalue weighted by Gasteiger charge is -2.32. The molecule has 0 aliphatic carbocycles. The second kappa shape index (κ2) is 6.04. The highest BCUT2D eigenvalue weighted by atomic mass is 16.7. The maximum Gasteiger partial charge on any atom is 0.459 e. The molecule has 2 N–H and O–H groups in total. The fourth-order valence-corrected chi connectivity index (χ4v) is 2.62. The fraction of sp³-hybridized carbons (Fsp3) is 0.929. The summed E-state index contributed by atoms with van der Waals surface area (Å²) in [5, 5.41) is 6.28. The summed E-state index contributed by atoms with van der Waals surface area (Å²) in [5.74, 6) is 0.331. The van der Waals surface area contributed by atoms with E-state index in [2.05, 4.69) is 10.6 Å². The average molecular weight is 282 g/mol. The zero-order valence-corrected chi connectivity index (χ0v) is 13.1. The highest BCUT2D eigenvalue weighted by Gasteiger charge is 2.50. The van der Waals surface area contributed by atoms with E-state index in [9.17, 15) is 4.79 Å². The molecule has 2 aliphatic heterocycles. The molecule has 0 unspecified atom stereocenters. The van der Waals surface area contributed by atoms with Gasteiger partial charge in [0.1, 0.15) is 0 Å². The zero-order valence-electron chi connectivity index (χ0n) is 13.1. The molecule has 0 atom stereocenters. The van der Waals surface area contributed by atoms with Gasteiger partial charge in [0.25, 0.3) is 0 Å². The van der Waals surface area contributed by atoms with Gasteiger partial charge in [-0.05, 0) is 59.9 Å². The minimum Gasteiger partial charge on any atom is -0.403 e. The van der Waals surface area contributed by atoms with Gasteiger partial charge in [0.2, 0.25) is 5.91 Å². The van der Waals surface area contributed by atoms with E-state index in [4.69, 9.17) is 9.31 Å². The Bertz CT molecular complexity index is 338. The lowest BCUT2D eigenvalue weighted by atomic mass is 9.85. The predicted octanol–water partition coefficient (Wildman–Crippen LogP) is 1.19. The van der Waals surface area contributed by atoms with Crippen LogP contribution in [0.25, 0.3) is 0 Å². The maximum atomic E-state index is 12.0. The zero-order chi connectivity index (χ0) is 14.8. The van der Waals surface area contributed by atoms with Gasteiger partial charge in [0, 0.05) is 12.5 Å². The minimum atomic E-state index is -0.295. The summed E-state index contributed by atoms with van der Waals surface area (Å²) in [7, 11) is -0.228. The third-order valence-corrected chi connectivity index (χ3v) is 4.69. The Labute approximate surface area is 122 Å². The summed E-state index contributed by atoms with van der Waals surface area (Å²) >= 11 is 0. The molecule has 0 bridgehead atoms. The molecule has 0 radical (unpaired) electrons. The van der Waals surface area contributed by atoms with Gasteiger partial charge in [0.15, 0.2) is 0 Å². The average Bonchev–Trinajstić information content (AvgIpc) is 2.58. The first-order chi connectivity index (χ1) is 9.32. The third-order valence-electron chi connectivity index (χ3n) is 4.69. The van der Waals surface area contributed by atoms with Gasteiger partial charge in [-0.2, -0.15) is 0 Å². The molecule has 2 heterocycles. The monoisotopic (exact) mass is 282 g/mol. The van der Waals surface area contributed by atoms with Gasteiger partial charge in [-0.1, -0.05) is 0 Å². The highest BCUT2D eigenvalue weighted by Crippen LogP contribution is 2.37. The summed E-state index contributed by atoms with van der Waals surface area (Å²) in [6.07, 6.45) is 2.56. The summed E-state index contributed by atoms with van der Waals surface area (Å²) in [5.41, 5.74) is -0.590. The van der Waals surface area contributed by atoms with Crippen LogP contribution in [-0.4, -0.2) is 43.9 Å². The molecule has 20 heavy (non-hydrogen) atoms. The van der Waals surface area contributed by atoms with Gasteiger partial charge in [-0.15, -0.1) is 0 Å². The number of piperidine rings is 1. The van der Waals surface area contributed by atoms with E-state index >= 15 is 0 Å². The van der Waals surface area contributed by atoms with Crippen LogP contribution in [0.1, 0.15) is 40.5 Å². The van der Waals surface area contributed by atoms with E-state index in [-0.39, 0.29) is 30.1 Å². The summed E-state index contributed by atoms with van der Waals surface area (Å²) in [6, 6.07) is 0. The van der Waals surface area contributed by atoms with Crippen molar-refractivity contribution in [3.8, 4) is 0 Å². The van der Waals surface area contributed by atoms with Crippen LogP contribution in [-0.2, 0) is 14.1 Å². The van der Waals surface area contributed by atoms with Crippen LogP contribution < -0.4 is 10.6 Å². The molecule has 0 saturated carbocycles. The fourth-order valence-electron chi connectivity index (χ4n) is 2.62. The van der Waals surface area contributed by atoms with E-state index in [1.807, 2.05) is 27.7 Å². The van der Waals surface area contributed by atoms with Crippen LogP contribution in [0, 0.1) is 5.92 Å². The van der Waals surface area contributed by atoms with Crippen molar-refractivity contribution in [2.45, 2.75) is 58.1 Å². The first kappa shape index (κ1) is 15.8. The Balaban J connectivity index is 1.70. The Morgan fingerprint density at radius 2 is 1.75 bits per heavy atom. The first-order valence-electron chi connectivity index (χ1n) is 7.66. The number of amides is 1. The van der Waals surface area contributed by atoms with E-state index in [0.29, 0.717) is 12.9 Å². The molecule has 6 heteroatoms. The molecule has 5 nitrogen and oxygen atoms in total. The van der Waals surface area contributed by atoms with Crippen LogP contribution in [0.4, 0.5) is 0 Å². The molecule has 1 amide bonds. The molecule has 2 saturated heterocycles. The Morgan fingerprint density at radius 1 is 1.20 bits per heavy atom. The van der Waals surface area contributed by atoms with Gasteiger partial charge in [0.05, 0.1) is 11.2 Å². The molecule has 0 spiro atoms. The highest BCUT2D eigenvalue weighted by molar-refractivity contribution is 6.45. The summed E-state index contributed by atoms with van der Waals surface area (Å²) in [4.78, 5) is 12.0. The normalized spacial score (nSPS) is 25.7. The summed E-state index contributed by atoms with van der Waals surface area (Å²) in [6.45, 7) is 10.7. The Hall–Kier alpha value is -0.585. The molecule has 0 aromatic carbocycles. The molecule has 0 aromatic rings. The van der Waals surface area contributed by atoms with Crippen molar-refractivity contribution in [3.05, 3.63) is 0 Å². The number of carbonyl (C=O) groups is 1. The topological polar surface area (TPSA) is 59.6 Å². The lowest BCUT2D eigenvalue weighted by molar-refractivity contribution is -0.125. The van der Waals surface area contributed by atoms with Crippen molar-refractivity contribution in [1.29, 1.82) is 0 Å². The second-order valence-corrected chi connectivity index (χ2v) is 6.79. The minimum absolute atomic E-state index is 0.162. The quantitative estimate of drug-likeness (QED) is 0.761. The van der Waals surface area contributed by atoms with Crippen molar-refractivity contribution in [1.82, 2.24) is 10.6 Å². The van der Waals surface area contributed by atoms with Crippen molar-refractivity contribution in [3.63, 3.8) is 0 Å². The lowest BCUT2D eigenvalue weighted by Crippen LogP contribution is -2.41. The van der Waals surface area contributed by atoms with Crippen molar-refractivity contribution in [2.75, 3.05) is 19.6 Å².